The molecule has 68 valence electrons. The highest BCUT2D eigenvalue weighted by Gasteiger charge is 2.05. The second-order valence-electron chi connectivity index (χ2n) is 3.32. The Morgan fingerprint density at radius 3 is 2.23 bits per heavy atom. The summed E-state index contributed by atoms with van der Waals surface area (Å²) in [5, 5.41) is 10.0. The molecule has 0 amide bonds. The summed E-state index contributed by atoms with van der Waals surface area (Å²) in [5.74, 6) is 5.57. The third-order valence-electron chi connectivity index (χ3n) is 1.36. The van der Waals surface area contributed by atoms with Gasteiger partial charge in [-0.1, -0.05) is 23.4 Å². The van der Waals surface area contributed by atoms with Gasteiger partial charge in [-0.05, 0) is 38.1 Å². The lowest BCUT2D eigenvalue weighted by atomic mass is 10.1. The summed E-state index contributed by atoms with van der Waals surface area (Å²) >= 11 is 5.70. The van der Waals surface area contributed by atoms with Crippen LogP contribution in [0.15, 0.2) is 24.3 Å². The van der Waals surface area contributed by atoms with Crippen molar-refractivity contribution in [2.75, 3.05) is 0 Å². The molecule has 0 aliphatic rings. The van der Waals surface area contributed by atoms with Gasteiger partial charge in [-0.15, -0.1) is 0 Å². The maximum Gasteiger partial charge on any atom is 0.120 e. The molecule has 1 nitrogen and oxygen atoms in total. The molecule has 0 aliphatic heterocycles. The second-order valence-corrected chi connectivity index (χ2v) is 3.75. The number of rotatable bonds is 0. The molecule has 2 heteroatoms. The van der Waals surface area contributed by atoms with E-state index in [0.717, 1.165) is 5.56 Å². The van der Waals surface area contributed by atoms with Gasteiger partial charge < -0.3 is 5.11 Å². The second kappa shape index (κ2) is 3.83. The third kappa shape index (κ3) is 3.98. The van der Waals surface area contributed by atoms with Gasteiger partial charge in [0, 0.05) is 10.6 Å². The van der Waals surface area contributed by atoms with E-state index in [1.54, 1.807) is 26.0 Å². The Morgan fingerprint density at radius 1 is 1.23 bits per heavy atom. The van der Waals surface area contributed by atoms with Crippen LogP contribution in [0.2, 0.25) is 5.02 Å². The van der Waals surface area contributed by atoms with Gasteiger partial charge in [-0.2, -0.15) is 0 Å². The average molecular weight is 195 g/mol. The van der Waals surface area contributed by atoms with Gasteiger partial charge in [0.25, 0.3) is 0 Å². The molecule has 0 heterocycles. The van der Waals surface area contributed by atoms with E-state index < -0.39 is 5.60 Å². The third-order valence-corrected chi connectivity index (χ3v) is 1.61. The predicted molar refractivity (Wildman–Crippen MR) is 54.6 cm³/mol. The fourth-order valence-corrected chi connectivity index (χ4v) is 0.884. The van der Waals surface area contributed by atoms with Crippen LogP contribution >= 0.6 is 11.6 Å². The van der Waals surface area contributed by atoms with Crippen molar-refractivity contribution in [2.45, 2.75) is 19.4 Å². The number of aliphatic hydroxyl groups is 1. The first kappa shape index (κ1) is 10.1. The summed E-state index contributed by atoms with van der Waals surface area (Å²) in [4.78, 5) is 0. The lowest BCUT2D eigenvalue weighted by Gasteiger charge is -2.05. The highest BCUT2D eigenvalue weighted by atomic mass is 35.5. The molecule has 0 saturated carbocycles. The first-order chi connectivity index (χ1) is 5.97. The molecule has 0 unspecified atom stereocenters. The zero-order valence-corrected chi connectivity index (χ0v) is 8.39. The van der Waals surface area contributed by atoms with Gasteiger partial charge in [-0.25, -0.2) is 0 Å². The van der Waals surface area contributed by atoms with Gasteiger partial charge in [0.2, 0.25) is 0 Å². The molecular weight excluding hydrogens is 184 g/mol. The topological polar surface area (TPSA) is 20.2 Å². The van der Waals surface area contributed by atoms with Crippen LogP contribution < -0.4 is 0 Å². The Morgan fingerprint density at radius 2 is 1.77 bits per heavy atom. The van der Waals surface area contributed by atoms with Crippen LogP contribution in [0, 0.1) is 11.8 Å². The van der Waals surface area contributed by atoms with Crippen molar-refractivity contribution in [2.24, 2.45) is 0 Å². The Kier molecular flexibility index (Phi) is 2.98. The molecule has 0 radical (unpaired) electrons. The molecule has 0 saturated heterocycles. The maximum atomic E-state index is 9.33. The minimum absolute atomic E-state index is 0.689. The van der Waals surface area contributed by atoms with Crippen molar-refractivity contribution in [1.29, 1.82) is 0 Å². The number of benzene rings is 1. The first-order valence-corrected chi connectivity index (χ1v) is 4.36. The number of hydrogen-bond donors (Lipinski definition) is 1. The number of hydrogen-bond acceptors (Lipinski definition) is 1. The van der Waals surface area contributed by atoms with E-state index in [4.69, 9.17) is 11.6 Å². The van der Waals surface area contributed by atoms with Gasteiger partial charge in [0.15, 0.2) is 0 Å². The fourth-order valence-electron chi connectivity index (χ4n) is 0.758. The molecule has 0 spiro atoms. The van der Waals surface area contributed by atoms with E-state index in [0.29, 0.717) is 5.02 Å². The normalized spacial score (nSPS) is 10.5. The molecule has 0 fully saturated rings. The summed E-state index contributed by atoms with van der Waals surface area (Å²) in [7, 11) is 0. The van der Waals surface area contributed by atoms with E-state index in [9.17, 15) is 5.11 Å². The van der Waals surface area contributed by atoms with Gasteiger partial charge in [-0.3, -0.25) is 0 Å². The molecule has 1 aromatic carbocycles. The zero-order valence-electron chi connectivity index (χ0n) is 7.63. The smallest absolute Gasteiger partial charge is 0.120 e. The van der Waals surface area contributed by atoms with E-state index in [1.165, 1.54) is 0 Å². The molecule has 0 aliphatic carbocycles. The van der Waals surface area contributed by atoms with Crippen LogP contribution in [0.25, 0.3) is 0 Å². The molecule has 1 rings (SSSR count). The van der Waals surface area contributed by atoms with Gasteiger partial charge in [0.1, 0.15) is 5.60 Å². The fraction of sp³-hybridized carbons (Fsp3) is 0.273. The summed E-state index contributed by atoms with van der Waals surface area (Å²) < 4.78 is 0. The molecule has 1 aromatic rings. The van der Waals surface area contributed by atoms with Crippen molar-refractivity contribution < 1.29 is 5.11 Å². The lowest BCUT2D eigenvalue weighted by Crippen LogP contribution is -2.14. The van der Waals surface area contributed by atoms with Gasteiger partial charge in [0.05, 0.1) is 0 Å². The molecular formula is C11H11ClO. The SMILES string of the molecule is CC(C)(O)C#Cc1ccc(Cl)cc1. The highest BCUT2D eigenvalue weighted by Crippen LogP contribution is 2.08. The van der Waals surface area contributed by atoms with Crippen LogP contribution in [-0.2, 0) is 0 Å². The first-order valence-electron chi connectivity index (χ1n) is 3.98. The van der Waals surface area contributed by atoms with Crippen molar-refractivity contribution >= 4 is 11.6 Å². The van der Waals surface area contributed by atoms with Crippen molar-refractivity contribution in [3.05, 3.63) is 34.9 Å². The Hall–Kier alpha value is -0.970. The van der Waals surface area contributed by atoms with E-state index in [1.807, 2.05) is 12.1 Å². The van der Waals surface area contributed by atoms with Crippen LogP contribution in [-0.4, -0.2) is 10.7 Å². The van der Waals surface area contributed by atoms with E-state index in [-0.39, 0.29) is 0 Å². The van der Waals surface area contributed by atoms with Crippen molar-refractivity contribution in [3.8, 4) is 11.8 Å². The Labute approximate surface area is 83.4 Å². The standard InChI is InChI=1S/C11H11ClO/c1-11(2,13)8-7-9-3-5-10(12)6-4-9/h3-6,13H,1-2H3. The van der Waals surface area contributed by atoms with Crippen molar-refractivity contribution in [1.82, 2.24) is 0 Å². The zero-order chi connectivity index (χ0) is 9.90. The van der Waals surface area contributed by atoms with Crippen molar-refractivity contribution in [3.63, 3.8) is 0 Å². The molecule has 0 aromatic heterocycles. The summed E-state index contributed by atoms with van der Waals surface area (Å²) in [6.07, 6.45) is 0. The average Bonchev–Trinajstić information content (AvgIpc) is 2.02. The molecule has 1 N–H and O–H groups in total. The van der Waals surface area contributed by atoms with Crippen LogP contribution in [0.1, 0.15) is 19.4 Å². The predicted octanol–water partition coefficient (Wildman–Crippen LogP) is 2.46. The largest absolute Gasteiger partial charge is 0.378 e. The monoisotopic (exact) mass is 194 g/mol. The molecule has 13 heavy (non-hydrogen) atoms. The highest BCUT2D eigenvalue weighted by molar-refractivity contribution is 6.30. The molecule has 0 bridgehead atoms. The van der Waals surface area contributed by atoms with Crippen LogP contribution in [0.3, 0.4) is 0 Å². The van der Waals surface area contributed by atoms with Gasteiger partial charge >= 0.3 is 0 Å². The quantitative estimate of drug-likeness (QED) is 0.630. The van der Waals surface area contributed by atoms with E-state index >= 15 is 0 Å². The number of halogens is 1. The van der Waals surface area contributed by atoms with E-state index in [2.05, 4.69) is 11.8 Å². The summed E-state index contributed by atoms with van der Waals surface area (Å²) in [6.45, 7) is 3.30. The molecule has 0 atom stereocenters. The summed E-state index contributed by atoms with van der Waals surface area (Å²) in [5.41, 5.74) is -0.0915. The Balaban J connectivity index is 2.85. The lowest BCUT2D eigenvalue weighted by molar-refractivity contribution is 0.143. The minimum atomic E-state index is -0.945. The summed E-state index contributed by atoms with van der Waals surface area (Å²) in [6, 6.07) is 7.19. The van der Waals surface area contributed by atoms with Crippen LogP contribution in [0.4, 0.5) is 0 Å². The Bertz CT molecular complexity index is 335. The minimum Gasteiger partial charge on any atom is -0.378 e. The maximum absolute atomic E-state index is 9.33. The van der Waals surface area contributed by atoms with Crippen LogP contribution in [0.5, 0.6) is 0 Å².